The van der Waals surface area contributed by atoms with Crippen LogP contribution in [0.1, 0.15) is 58.0 Å². The molecular formula is C22H32N6O. The van der Waals surface area contributed by atoms with Crippen LogP contribution >= 0.6 is 0 Å². The van der Waals surface area contributed by atoms with E-state index in [0.29, 0.717) is 6.04 Å². The van der Waals surface area contributed by atoms with Gasteiger partial charge in [0.1, 0.15) is 17.1 Å². The van der Waals surface area contributed by atoms with Gasteiger partial charge in [-0.15, -0.1) is 0 Å². The van der Waals surface area contributed by atoms with Crippen molar-refractivity contribution in [3.05, 3.63) is 23.7 Å². The van der Waals surface area contributed by atoms with Crippen molar-refractivity contribution >= 4 is 17.0 Å². The van der Waals surface area contributed by atoms with Gasteiger partial charge in [-0.1, -0.05) is 13.8 Å². The van der Waals surface area contributed by atoms with E-state index in [2.05, 4.69) is 18.8 Å². The molecule has 3 aromatic heterocycles. The van der Waals surface area contributed by atoms with Crippen LogP contribution in [0.15, 0.2) is 12.3 Å². The molecule has 0 atom stereocenters. The summed E-state index contributed by atoms with van der Waals surface area (Å²) in [6.07, 6.45) is 3.90. The van der Waals surface area contributed by atoms with Crippen molar-refractivity contribution in [2.75, 3.05) is 19.0 Å². The lowest BCUT2D eigenvalue weighted by atomic mass is 10.1. The Morgan fingerprint density at radius 3 is 2.34 bits per heavy atom. The summed E-state index contributed by atoms with van der Waals surface area (Å²) in [7, 11) is 3.93. The fraction of sp³-hybridized carbons (Fsp3) is 0.545. The summed E-state index contributed by atoms with van der Waals surface area (Å²) in [5.74, 6) is 1.61. The Bertz CT molecular complexity index is 1000. The molecule has 0 spiro atoms. The number of rotatable bonds is 7. The Morgan fingerprint density at radius 1 is 1.07 bits per heavy atom. The number of hydrogen-bond acceptors (Lipinski definition) is 6. The van der Waals surface area contributed by atoms with E-state index in [9.17, 15) is 0 Å². The third-order valence-electron chi connectivity index (χ3n) is 5.09. The van der Waals surface area contributed by atoms with E-state index in [-0.39, 0.29) is 6.10 Å². The van der Waals surface area contributed by atoms with Gasteiger partial charge in [0.25, 0.3) is 0 Å². The summed E-state index contributed by atoms with van der Waals surface area (Å²) >= 11 is 0. The van der Waals surface area contributed by atoms with Crippen LogP contribution in [0.5, 0.6) is 5.75 Å². The van der Waals surface area contributed by atoms with Crippen LogP contribution in [0.4, 0.5) is 5.82 Å². The molecule has 3 rings (SSSR count). The fourth-order valence-electron chi connectivity index (χ4n) is 3.51. The van der Waals surface area contributed by atoms with Gasteiger partial charge in [-0.25, -0.2) is 19.6 Å². The van der Waals surface area contributed by atoms with E-state index in [0.717, 1.165) is 58.2 Å². The lowest BCUT2D eigenvalue weighted by Gasteiger charge is -2.18. The third-order valence-corrected chi connectivity index (χ3v) is 5.09. The van der Waals surface area contributed by atoms with Crippen molar-refractivity contribution < 1.29 is 4.74 Å². The Hall–Kier alpha value is -2.70. The molecule has 0 bridgehead atoms. The van der Waals surface area contributed by atoms with Crippen LogP contribution in [-0.2, 0) is 0 Å². The van der Waals surface area contributed by atoms with Gasteiger partial charge in [-0.3, -0.25) is 0 Å². The van der Waals surface area contributed by atoms with Gasteiger partial charge in [0, 0.05) is 26.4 Å². The second kappa shape index (κ2) is 8.35. The molecular weight excluding hydrogens is 364 g/mol. The van der Waals surface area contributed by atoms with Crippen molar-refractivity contribution in [1.82, 2.24) is 24.7 Å². The van der Waals surface area contributed by atoms with Gasteiger partial charge >= 0.3 is 0 Å². The molecule has 0 radical (unpaired) electrons. The number of ether oxygens (including phenoxy) is 1. The molecule has 0 N–H and O–H groups in total. The first kappa shape index (κ1) is 21.0. The van der Waals surface area contributed by atoms with Gasteiger partial charge in [-0.2, -0.15) is 5.10 Å². The highest BCUT2D eigenvalue weighted by atomic mass is 16.5. The minimum Gasteiger partial charge on any atom is -0.490 e. The fourth-order valence-corrected chi connectivity index (χ4v) is 3.51. The molecule has 0 aliphatic heterocycles. The quantitative estimate of drug-likeness (QED) is 0.576. The zero-order valence-corrected chi connectivity index (χ0v) is 18.8. The first-order valence-corrected chi connectivity index (χ1v) is 10.3. The number of anilines is 1. The zero-order chi connectivity index (χ0) is 21.3. The Kier molecular flexibility index (Phi) is 6.05. The summed E-state index contributed by atoms with van der Waals surface area (Å²) in [4.78, 5) is 16.4. The average molecular weight is 397 g/mol. The molecule has 0 aliphatic rings. The molecule has 0 saturated heterocycles. The van der Waals surface area contributed by atoms with E-state index in [1.807, 2.05) is 63.6 Å². The Morgan fingerprint density at radius 2 is 1.76 bits per heavy atom. The molecule has 3 aromatic rings. The lowest BCUT2D eigenvalue weighted by Crippen LogP contribution is -2.13. The van der Waals surface area contributed by atoms with Crippen LogP contribution in [0.25, 0.3) is 22.4 Å². The first-order valence-electron chi connectivity index (χ1n) is 10.3. The van der Waals surface area contributed by atoms with Crippen molar-refractivity contribution in [2.24, 2.45) is 0 Å². The van der Waals surface area contributed by atoms with E-state index in [1.54, 1.807) is 0 Å². The number of pyridine rings is 1. The molecule has 0 unspecified atom stereocenters. The molecule has 3 heterocycles. The number of nitrogens with zero attached hydrogens (tertiary/aromatic N) is 6. The summed E-state index contributed by atoms with van der Waals surface area (Å²) in [5, 5.41) is 4.75. The van der Waals surface area contributed by atoms with E-state index in [1.165, 1.54) is 0 Å². The smallest absolute Gasteiger partial charge is 0.177 e. The Labute approximate surface area is 173 Å². The maximum atomic E-state index is 6.11. The highest BCUT2D eigenvalue weighted by Crippen LogP contribution is 2.34. The zero-order valence-electron chi connectivity index (χ0n) is 18.8. The molecule has 7 nitrogen and oxygen atoms in total. The maximum Gasteiger partial charge on any atom is 0.177 e. The monoisotopic (exact) mass is 396 g/mol. The van der Waals surface area contributed by atoms with E-state index < -0.39 is 0 Å². The van der Waals surface area contributed by atoms with Gasteiger partial charge in [0.15, 0.2) is 5.65 Å². The summed E-state index contributed by atoms with van der Waals surface area (Å²) in [5.41, 5.74) is 5.07. The van der Waals surface area contributed by atoms with Crippen molar-refractivity contribution in [2.45, 2.75) is 66.5 Å². The van der Waals surface area contributed by atoms with Crippen LogP contribution in [-0.4, -0.2) is 44.9 Å². The Balaban J connectivity index is 2.20. The van der Waals surface area contributed by atoms with Crippen molar-refractivity contribution in [3.8, 4) is 17.0 Å². The average Bonchev–Trinajstić information content (AvgIpc) is 2.97. The van der Waals surface area contributed by atoms with Crippen molar-refractivity contribution in [3.63, 3.8) is 0 Å². The van der Waals surface area contributed by atoms with Gasteiger partial charge in [0.2, 0.25) is 0 Å². The lowest BCUT2D eigenvalue weighted by molar-refractivity contribution is 0.243. The predicted molar refractivity (Wildman–Crippen MR) is 118 cm³/mol. The summed E-state index contributed by atoms with van der Waals surface area (Å²) in [6.45, 7) is 12.4. The molecule has 0 fully saturated rings. The SMILES string of the molecule is CCC(CC)n1nc(C)c2nc(-c3cnc(N(C)C)cc3OC(C)C)c(C)nc21. The standard InChI is InChI=1S/C22H32N6O/c1-9-16(10-2)28-22-21(15(6)26-28)25-20(14(5)24-22)17-12-23-19(27(7)8)11-18(17)29-13(3)4/h11-13,16H,9-10H2,1-8H3. The number of aryl methyl sites for hydroxylation is 2. The molecule has 29 heavy (non-hydrogen) atoms. The number of aromatic nitrogens is 5. The molecule has 0 aromatic carbocycles. The summed E-state index contributed by atoms with van der Waals surface area (Å²) in [6, 6.07) is 2.29. The third kappa shape index (κ3) is 4.04. The van der Waals surface area contributed by atoms with Crippen LogP contribution in [0, 0.1) is 13.8 Å². The minimum atomic E-state index is 0.0440. The van der Waals surface area contributed by atoms with Gasteiger partial charge in [0.05, 0.1) is 34.8 Å². The first-order chi connectivity index (χ1) is 13.8. The molecule has 156 valence electrons. The predicted octanol–water partition coefficient (Wildman–Crippen LogP) is 4.72. The van der Waals surface area contributed by atoms with Crippen LogP contribution in [0.2, 0.25) is 0 Å². The second-order valence-electron chi connectivity index (χ2n) is 7.93. The number of fused-ring (bicyclic) bond motifs is 1. The van der Waals surface area contributed by atoms with E-state index in [4.69, 9.17) is 19.8 Å². The minimum absolute atomic E-state index is 0.0440. The molecule has 0 aliphatic carbocycles. The number of hydrogen-bond donors (Lipinski definition) is 0. The highest BCUT2D eigenvalue weighted by Gasteiger charge is 2.21. The normalized spacial score (nSPS) is 11.7. The molecule has 7 heteroatoms. The molecule has 0 saturated carbocycles. The largest absolute Gasteiger partial charge is 0.490 e. The van der Waals surface area contributed by atoms with Gasteiger partial charge in [-0.05, 0) is 40.5 Å². The van der Waals surface area contributed by atoms with Gasteiger partial charge < -0.3 is 9.64 Å². The van der Waals surface area contributed by atoms with E-state index >= 15 is 0 Å². The van der Waals surface area contributed by atoms with Crippen LogP contribution < -0.4 is 9.64 Å². The second-order valence-corrected chi connectivity index (χ2v) is 7.93. The van der Waals surface area contributed by atoms with Crippen LogP contribution in [0.3, 0.4) is 0 Å². The topological polar surface area (TPSA) is 69.0 Å². The maximum absolute atomic E-state index is 6.11. The highest BCUT2D eigenvalue weighted by molar-refractivity contribution is 5.80. The molecule has 0 amide bonds. The summed E-state index contributed by atoms with van der Waals surface area (Å²) < 4.78 is 8.15. The van der Waals surface area contributed by atoms with Crippen molar-refractivity contribution in [1.29, 1.82) is 0 Å².